The average molecular weight is 421 g/mol. The van der Waals surface area contributed by atoms with Gasteiger partial charge in [0.15, 0.2) is 5.58 Å². The van der Waals surface area contributed by atoms with E-state index in [0.717, 1.165) is 54.6 Å². The Hall–Kier alpha value is -2.77. The molecule has 0 unspecified atom stereocenters. The molecule has 1 aromatic heterocycles. The Morgan fingerprint density at radius 2 is 1.97 bits per heavy atom. The van der Waals surface area contributed by atoms with Crippen LogP contribution in [0, 0.1) is 0 Å². The van der Waals surface area contributed by atoms with Gasteiger partial charge in [0.2, 0.25) is 0 Å². The Balaban J connectivity index is 1.35. The smallest absolute Gasteiger partial charge is 0.167 e. The normalized spacial score (nSPS) is 21.3. The number of ketones is 2. The Labute approximate surface area is 180 Å². The van der Waals surface area contributed by atoms with E-state index >= 15 is 0 Å². The number of carbonyl (C=O) groups excluding carboxylic acids is 2. The summed E-state index contributed by atoms with van der Waals surface area (Å²) in [6.07, 6.45) is 0.916. The highest BCUT2D eigenvalue weighted by Crippen LogP contribution is 2.37. The summed E-state index contributed by atoms with van der Waals surface area (Å²) in [6, 6.07) is 9.89. The maximum atomic E-state index is 12.5. The first-order valence-electron chi connectivity index (χ1n) is 11.0. The topological polar surface area (TPSA) is 75.9 Å². The summed E-state index contributed by atoms with van der Waals surface area (Å²) in [4.78, 5) is 28.9. The summed E-state index contributed by atoms with van der Waals surface area (Å²) >= 11 is 0. The Bertz CT molecular complexity index is 1130. The van der Waals surface area contributed by atoms with Crippen LogP contribution in [0.15, 0.2) is 34.9 Å². The zero-order valence-electron chi connectivity index (χ0n) is 17.8. The van der Waals surface area contributed by atoms with E-state index in [4.69, 9.17) is 9.26 Å². The number of carbonyl (C=O) groups is 2. The summed E-state index contributed by atoms with van der Waals surface area (Å²) in [5.74, 6) is 0.409. The number of likely N-dealkylation sites (N-methyl/N-ethyl adjacent to an activating group) is 1. The Morgan fingerprint density at radius 3 is 2.77 bits per heavy atom. The quantitative estimate of drug-likeness (QED) is 0.586. The molecule has 31 heavy (non-hydrogen) atoms. The van der Waals surface area contributed by atoms with Crippen molar-refractivity contribution in [1.29, 1.82) is 0 Å². The summed E-state index contributed by atoms with van der Waals surface area (Å²) < 4.78 is 11.6. The first-order chi connectivity index (χ1) is 15.1. The fourth-order valence-electron chi connectivity index (χ4n) is 4.63. The molecular weight excluding hydrogens is 394 g/mol. The van der Waals surface area contributed by atoms with E-state index in [1.807, 2.05) is 30.3 Å². The molecule has 2 aromatic carbocycles. The maximum Gasteiger partial charge on any atom is 0.167 e. The van der Waals surface area contributed by atoms with Gasteiger partial charge in [-0.05, 0) is 48.5 Å². The summed E-state index contributed by atoms with van der Waals surface area (Å²) in [7, 11) is 2.16. The molecule has 1 atom stereocenters. The number of aromatic nitrogens is 1. The highest BCUT2D eigenvalue weighted by molar-refractivity contribution is 6.11. The molecule has 0 N–H and O–H groups in total. The lowest BCUT2D eigenvalue weighted by Gasteiger charge is -2.32. The molecule has 162 valence electrons. The number of fused-ring (bicyclic) bond motifs is 3. The average Bonchev–Trinajstić information content (AvgIpc) is 3.19. The van der Waals surface area contributed by atoms with Crippen LogP contribution >= 0.6 is 0 Å². The second-order valence-electron chi connectivity index (χ2n) is 8.66. The molecule has 0 radical (unpaired) electrons. The van der Waals surface area contributed by atoms with Crippen LogP contribution in [0.1, 0.15) is 30.9 Å². The van der Waals surface area contributed by atoms with Gasteiger partial charge in [-0.15, -0.1) is 0 Å². The van der Waals surface area contributed by atoms with Crippen molar-refractivity contribution in [3.05, 3.63) is 36.0 Å². The van der Waals surface area contributed by atoms with Crippen LogP contribution in [0.25, 0.3) is 21.7 Å². The van der Waals surface area contributed by atoms with Crippen LogP contribution in [-0.4, -0.2) is 72.9 Å². The van der Waals surface area contributed by atoms with Crippen molar-refractivity contribution in [3.63, 3.8) is 0 Å². The van der Waals surface area contributed by atoms with Gasteiger partial charge in [-0.3, -0.25) is 14.5 Å². The van der Waals surface area contributed by atoms with Crippen molar-refractivity contribution in [2.75, 3.05) is 46.4 Å². The molecule has 0 amide bonds. The number of rotatable bonds is 5. The lowest BCUT2D eigenvalue weighted by atomic mass is 9.83. The zero-order chi connectivity index (χ0) is 21.4. The monoisotopic (exact) mass is 421 g/mol. The molecular formula is C24H27N3O4. The van der Waals surface area contributed by atoms with Gasteiger partial charge in [0.05, 0.1) is 17.7 Å². The predicted molar refractivity (Wildman–Crippen MR) is 118 cm³/mol. The number of hydrogen-bond donors (Lipinski definition) is 0. The molecule has 7 heteroatoms. The number of nitrogens with zero attached hydrogens (tertiary/aromatic N) is 3. The zero-order valence-corrected chi connectivity index (χ0v) is 17.8. The lowest BCUT2D eigenvalue weighted by molar-refractivity contribution is -0.130. The largest absolute Gasteiger partial charge is 0.492 e. The molecule has 2 heterocycles. The molecule has 2 fully saturated rings. The second-order valence-corrected chi connectivity index (χ2v) is 8.66. The van der Waals surface area contributed by atoms with E-state index in [9.17, 15) is 9.59 Å². The van der Waals surface area contributed by atoms with E-state index in [-0.39, 0.29) is 23.9 Å². The van der Waals surface area contributed by atoms with E-state index in [2.05, 4.69) is 22.0 Å². The number of benzene rings is 2. The molecule has 1 aliphatic carbocycles. The molecule has 0 spiro atoms. The molecule has 1 saturated carbocycles. The van der Waals surface area contributed by atoms with Gasteiger partial charge in [0.1, 0.15) is 29.6 Å². The van der Waals surface area contributed by atoms with Crippen molar-refractivity contribution in [1.82, 2.24) is 15.0 Å². The van der Waals surface area contributed by atoms with Crippen LogP contribution in [-0.2, 0) is 9.59 Å². The van der Waals surface area contributed by atoms with Crippen LogP contribution in [0.5, 0.6) is 5.75 Å². The van der Waals surface area contributed by atoms with Gasteiger partial charge in [0.25, 0.3) is 0 Å². The highest BCUT2D eigenvalue weighted by atomic mass is 16.5. The van der Waals surface area contributed by atoms with Gasteiger partial charge in [-0.25, -0.2) is 0 Å². The van der Waals surface area contributed by atoms with Crippen LogP contribution < -0.4 is 4.74 Å². The summed E-state index contributed by atoms with van der Waals surface area (Å²) in [6.45, 7) is 5.94. The minimum atomic E-state index is -0.371. The number of hydrogen-bond acceptors (Lipinski definition) is 7. The summed E-state index contributed by atoms with van der Waals surface area (Å²) in [5.41, 5.74) is 1.32. The fraction of sp³-hybridized carbons (Fsp3) is 0.458. The van der Waals surface area contributed by atoms with Crippen molar-refractivity contribution in [2.45, 2.75) is 25.2 Å². The first kappa shape index (κ1) is 20.2. The van der Waals surface area contributed by atoms with E-state index in [1.165, 1.54) is 0 Å². The van der Waals surface area contributed by atoms with E-state index in [1.54, 1.807) is 0 Å². The van der Waals surface area contributed by atoms with Crippen LogP contribution in [0.4, 0.5) is 0 Å². The van der Waals surface area contributed by atoms with Gasteiger partial charge >= 0.3 is 0 Å². The van der Waals surface area contributed by atoms with Crippen molar-refractivity contribution >= 4 is 33.3 Å². The molecule has 1 aliphatic heterocycles. The third kappa shape index (κ3) is 4.07. The fourth-order valence-corrected chi connectivity index (χ4v) is 4.63. The highest BCUT2D eigenvalue weighted by Gasteiger charge is 2.32. The SMILES string of the molecule is CN1CCN(CCOc2ccc3c(ccc4onc([C@H]5CCC(=O)CC5=O)c43)c2)CC1. The summed E-state index contributed by atoms with van der Waals surface area (Å²) in [5, 5.41) is 7.11. The van der Waals surface area contributed by atoms with Gasteiger partial charge in [0, 0.05) is 39.1 Å². The molecule has 2 aliphatic rings. The maximum absolute atomic E-state index is 12.5. The molecule has 5 rings (SSSR count). The second kappa shape index (κ2) is 8.40. The van der Waals surface area contributed by atoms with Crippen molar-refractivity contribution in [3.8, 4) is 5.75 Å². The Kier molecular flexibility index (Phi) is 5.46. The molecule has 3 aromatic rings. The first-order valence-corrected chi connectivity index (χ1v) is 11.0. The molecule has 7 nitrogen and oxygen atoms in total. The van der Waals surface area contributed by atoms with Gasteiger partial charge < -0.3 is 14.2 Å². The van der Waals surface area contributed by atoms with Crippen LogP contribution in [0.2, 0.25) is 0 Å². The van der Waals surface area contributed by atoms with Crippen LogP contribution in [0.3, 0.4) is 0 Å². The predicted octanol–water partition coefficient (Wildman–Crippen LogP) is 3.01. The third-order valence-corrected chi connectivity index (χ3v) is 6.53. The van der Waals surface area contributed by atoms with E-state index < -0.39 is 0 Å². The third-order valence-electron chi connectivity index (χ3n) is 6.53. The van der Waals surface area contributed by atoms with E-state index in [0.29, 0.717) is 30.7 Å². The minimum Gasteiger partial charge on any atom is -0.492 e. The standard InChI is InChI=1S/C24H27N3O4/c1-26-8-10-27(11-9-26)12-13-30-18-4-6-19-16(14-18)2-7-22-23(19)24(25-31-22)20-5-3-17(28)15-21(20)29/h2,4,6-7,14,20H,3,5,8-13,15H2,1H3/t20-/m0/s1. The van der Waals surface area contributed by atoms with Gasteiger partial charge in [-0.2, -0.15) is 0 Å². The minimum absolute atomic E-state index is 0.00488. The number of piperazine rings is 1. The van der Waals surface area contributed by atoms with Gasteiger partial charge in [-0.1, -0.05) is 11.2 Å². The number of Topliss-reactive ketones (excluding diaryl/α,β-unsaturated/α-hetero) is 2. The van der Waals surface area contributed by atoms with Crippen molar-refractivity contribution in [2.24, 2.45) is 0 Å². The van der Waals surface area contributed by atoms with Crippen molar-refractivity contribution < 1.29 is 18.8 Å². The molecule has 0 bridgehead atoms. The number of ether oxygens (including phenoxy) is 1. The Morgan fingerprint density at radius 1 is 1.13 bits per heavy atom. The lowest BCUT2D eigenvalue weighted by Crippen LogP contribution is -2.45. The molecule has 1 saturated heterocycles.